The average molecular weight is 341 g/mol. The molecule has 6 nitrogen and oxygen atoms in total. The lowest BCUT2D eigenvalue weighted by atomic mass is 9.57. The van der Waals surface area contributed by atoms with E-state index in [-0.39, 0.29) is 23.9 Å². The maximum Gasteiger partial charge on any atom is 0.329 e. The van der Waals surface area contributed by atoms with E-state index in [1.165, 1.54) is 4.57 Å². The highest BCUT2D eigenvalue weighted by Crippen LogP contribution is 2.53. The standard InChI is InChI=1S/C19H23N3O3/c1-19(2)12-6-5-9-21(15(19)10-12)16(23)11-22-14-8-4-3-7-13(14)17(24)20-18(22)25/h3-4,7-8,12,15H,5-6,9-11H2,1-2H3,(H,20,24,25). The van der Waals surface area contributed by atoms with Crippen LogP contribution in [0.5, 0.6) is 0 Å². The smallest absolute Gasteiger partial charge is 0.329 e. The summed E-state index contributed by atoms with van der Waals surface area (Å²) in [6.45, 7) is 5.19. The number of carbonyl (C=O) groups excluding carboxylic acids is 1. The molecule has 0 spiro atoms. The number of nitrogens with one attached hydrogen (secondary N) is 1. The number of fused-ring (bicyclic) bond motifs is 4. The van der Waals surface area contributed by atoms with E-state index >= 15 is 0 Å². The van der Waals surface area contributed by atoms with E-state index in [2.05, 4.69) is 18.8 Å². The Labute approximate surface area is 145 Å². The minimum absolute atomic E-state index is 0.0344. The van der Waals surface area contributed by atoms with Gasteiger partial charge < -0.3 is 4.90 Å². The highest BCUT2D eigenvalue weighted by molar-refractivity contribution is 5.82. The van der Waals surface area contributed by atoms with Crippen LogP contribution < -0.4 is 11.2 Å². The van der Waals surface area contributed by atoms with E-state index in [1.807, 2.05) is 4.90 Å². The largest absolute Gasteiger partial charge is 0.338 e. The molecule has 2 bridgehead atoms. The predicted octanol–water partition coefficient (Wildman–Crippen LogP) is 1.73. The number of benzene rings is 1. The van der Waals surface area contributed by atoms with E-state index in [0.29, 0.717) is 16.8 Å². The van der Waals surface area contributed by atoms with Gasteiger partial charge in [0.2, 0.25) is 5.91 Å². The van der Waals surface area contributed by atoms with Gasteiger partial charge in [-0.15, -0.1) is 0 Å². The van der Waals surface area contributed by atoms with Crippen molar-refractivity contribution >= 4 is 16.8 Å². The van der Waals surface area contributed by atoms with E-state index in [9.17, 15) is 14.4 Å². The third-order valence-electron chi connectivity index (χ3n) is 6.27. The molecule has 5 rings (SSSR count). The minimum atomic E-state index is -0.530. The number of hydrogen-bond acceptors (Lipinski definition) is 3. The highest BCUT2D eigenvalue weighted by Gasteiger charge is 2.52. The fourth-order valence-electron chi connectivity index (χ4n) is 4.60. The fraction of sp³-hybridized carbons (Fsp3) is 0.526. The summed E-state index contributed by atoms with van der Waals surface area (Å²) in [7, 11) is 0. The van der Waals surface area contributed by atoms with Crippen LogP contribution in [0.25, 0.3) is 10.9 Å². The lowest BCUT2D eigenvalue weighted by molar-refractivity contribution is -0.143. The predicted molar refractivity (Wildman–Crippen MR) is 95.5 cm³/mol. The summed E-state index contributed by atoms with van der Waals surface area (Å²) in [6, 6.07) is 7.15. The van der Waals surface area contributed by atoms with E-state index < -0.39 is 11.2 Å². The molecule has 3 fully saturated rings. The zero-order valence-corrected chi connectivity index (χ0v) is 14.6. The molecule has 0 radical (unpaired) electrons. The maximum atomic E-state index is 13.0. The summed E-state index contributed by atoms with van der Waals surface area (Å²) < 4.78 is 1.38. The molecule has 2 atom stereocenters. The first-order valence-corrected chi connectivity index (χ1v) is 8.91. The van der Waals surface area contributed by atoms with Crippen LogP contribution in [-0.2, 0) is 11.3 Å². The Morgan fingerprint density at radius 3 is 2.80 bits per heavy atom. The molecule has 132 valence electrons. The number of aromatic nitrogens is 2. The Morgan fingerprint density at radius 2 is 2.04 bits per heavy atom. The molecule has 1 N–H and O–H groups in total. The number of para-hydroxylation sites is 1. The summed E-state index contributed by atoms with van der Waals surface area (Å²) in [4.78, 5) is 41.5. The zero-order valence-electron chi connectivity index (χ0n) is 14.6. The normalized spacial score (nSPS) is 24.6. The van der Waals surface area contributed by atoms with Gasteiger partial charge in [-0.1, -0.05) is 26.0 Å². The molecule has 1 amide bonds. The number of rotatable bonds is 2. The van der Waals surface area contributed by atoms with Crippen molar-refractivity contribution in [3.63, 3.8) is 0 Å². The lowest BCUT2D eigenvalue weighted by Crippen LogP contribution is -2.58. The van der Waals surface area contributed by atoms with Crippen LogP contribution in [0.3, 0.4) is 0 Å². The molecule has 2 aromatic rings. The summed E-state index contributed by atoms with van der Waals surface area (Å²) in [5.41, 5.74) is -0.297. The van der Waals surface area contributed by atoms with Crippen molar-refractivity contribution in [1.29, 1.82) is 0 Å². The molecule has 1 aromatic heterocycles. The summed E-state index contributed by atoms with van der Waals surface area (Å²) in [6.07, 6.45) is 3.23. The molecule has 1 aromatic carbocycles. The van der Waals surface area contributed by atoms with Gasteiger partial charge in [0.05, 0.1) is 10.9 Å². The molecule has 2 unspecified atom stereocenters. The topological polar surface area (TPSA) is 75.2 Å². The second-order valence-electron chi connectivity index (χ2n) is 7.86. The van der Waals surface area contributed by atoms with Crippen molar-refractivity contribution in [2.24, 2.45) is 11.3 Å². The first-order chi connectivity index (χ1) is 11.9. The van der Waals surface area contributed by atoms with Crippen LogP contribution in [0.4, 0.5) is 0 Å². The minimum Gasteiger partial charge on any atom is -0.338 e. The van der Waals surface area contributed by atoms with Crippen molar-refractivity contribution in [3.05, 3.63) is 45.1 Å². The molecule has 25 heavy (non-hydrogen) atoms. The average Bonchev–Trinajstić information content (AvgIpc) is 2.89. The van der Waals surface area contributed by atoms with Gasteiger partial charge in [-0.2, -0.15) is 0 Å². The second kappa shape index (κ2) is 5.58. The van der Waals surface area contributed by atoms with Crippen molar-refractivity contribution in [1.82, 2.24) is 14.5 Å². The van der Waals surface area contributed by atoms with E-state index in [1.54, 1.807) is 24.3 Å². The second-order valence-corrected chi connectivity index (χ2v) is 7.86. The van der Waals surface area contributed by atoms with Gasteiger partial charge in [-0.05, 0) is 42.7 Å². The lowest BCUT2D eigenvalue weighted by Gasteiger charge is -2.54. The van der Waals surface area contributed by atoms with Crippen LogP contribution in [0.2, 0.25) is 0 Å². The SMILES string of the molecule is CC1(C)C2CCCN(C(=O)Cn3c(=O)[nH]c(=O)c4ccccc43)C1C2. The Hall–Kier alpha value is -2.37. The van der Waals surface area contributed by atoms with Gasteiger partial charge in [0.25, 0.3) is 5.56 Å². The first kappa shape index (κ1) is 16.1. The quantitative estimate of drug-likeness (QED) is 0.904. The molecule has 2 aliphatic heterocycles. The Balaban J connectivity index is 1.69. The van der Waals surface area contributed by atoms with Crippen molar-refractivity contribution in [3.8, 4) is 0 Å². The molecule has 1 aliphatic carbocycles. The van der Waals surface area contributed by atoms with E-state index in [0.717, 1.165) is 25.8 Å². The third kappa shape index (κ3) is 2.42. The van der Waals surface area contributed by atoms with Gasteiger partial charge in [0.15, 0.2) is 0 Å². The zero-order chi connectivity index (χ0) is 17.8. The maximum absolute atomic E-state index is 13.0. The number of amides is 1. The van der Waals surface area contributed by atoms with E-state index in [4.69, 9.17) is 0 Å². The summed E-state index contributed by atoms with van der Waals surface area (Å²) in [5.74, 6) is 0.643. The van der Waals surface area contributed by atoms with Crippen LogP contribution in [-0.4, -0.2) is 32.9 Å². The molecular formula is C19H23N3O3. The Kier molecular flexibility index (Phi) is 3.60. The summed E-state index contributed by atoms with van der Waals surface area (Å²) in [5, 5.41) is 0.426. The van der Waals surface area contributed by atoms with Gasteiger partial charge >= 0.3 is 5.69 Å². The van der Waals surface area contributed by atoms with Crippen molar-refractivity contribution in [2.45, 2.75) is 45.7 Å². The van der Waals surface area contributed by atoms with Gasteiger partial charge in [-0.3, -0.25) is 19.1 Å². The van der Waals surface area contributed by atoms with Gasteiger partial charge in [0, 0.05) is 12.6 Å². The number of carbonyl (C=O) groups is 1. The van der Waals surface area contributed by atoms with Crippen molar-refractivity contribution < 1.29 is 4.79 Å². The number of nitrogens with zero attached hydrogens (tertiary/aromatic N) is 2. The number of aromatic amines is 1. The third-order valence-corrected chi connectivity index (χ3v) is 6.27. The monoisotopic (exact) mass is 341 g/mol. The molecule has 2 saturated heterocycles. The molecule has 6 heteroatoms. The molecule has 1 saturated carbocycles. The van der Waals surface area contributed by atoms with Crippen LogP contribution in [0, 0.1) is 11.3 Å². The van der Waals surface area contributed by atoms with Crippen LogP contribution >= 0.6 is 0 Å². The first-order valence-electron chi connectivity index (χ1n) is 8.91. The summed E-state index contributed by atoms with van der Waals surface area (Å²) >= 11 is 0. The number of hydrogen-bond donors (Lipinski definition) is 1. The number of H-pyrrole nitrogens is 1. The molecule has 3 heterocycles. The van der Waals surface area contributed by atoms with Crippen molar-refractivity contribution in [2.75, 3.05) is 6.54 Å². The van der Waals surface area contributed by atoms with Gasteiger partial charge in [0.1, 0.15) is 6.54 Å². The Bertz CT molecular complexity index is 956. The Morgan fingerprint density at radius 1 is 1.28 bits per heavy atom. The fourth-order valence-corrected chi connectivity index (χ4v) is 4.60. The highest BCUT2D eigenvalue weighted by atomic mass is 16.2. The molecule has 3 aliphatic rings. The van der Waals surface area contributed by atoms with Crippen LogP contribution in [0.15, 0.2) is 33.9 Å². The molecular weight excluding hydrogens is 318 g/mol. The van der Waals surface area contributed by atoms with Gasteiger partial charge in [-0.25, -0.2) is 4.79 Å². The van der Waals surface area contributed by atoms with Crippen LogP contribution in [0.1, 0.15) is 33.1 Å².